The fourth-order valence-corrected chi connectivity index (χ4v) is 0. The maximum atomic E-state index is 8.90. The normalized spacial score (nSPS) is 4.71. The molecule has 6 heteroatoms. The van der Waals surface area contributed by atoms with Crippen LogP contribution in [0.1, 0.15) is 0 Å². The molecule has 0 heterocycles. The fourth-order valence-electron chi connectivity index (χ4n) is 0. The topological polar surface area (TPSA) is 66.8 Å². The van der Waals surface area contributed by atoms with E-state index >= 15 is 0 Å². The quantitative estimate of drug-likeness (QED) is 0.230. The van der Waals surface area contributed by atoms with Gasteiger partial charge in [-0.2, -0.15) is 5.26 Å². The molecular weight excluding hydrogens is 127 g/mol. The van der Waals surface area contributed by atoms with Gasteiger partial charge in [-0.05, 0) is 0 Å². The molecule has 4 nitrogen and oxygen atoms in total. The van der Waals surface area contributed by atoms with E-state index in [-0.39, 0.29) is 40.4 Å². The fraction of sp³-hybridized carbons (Fsp3) is 0. The average molecular weight is 134 g/mol. The van der Waals surface area contributed by atoms with Crippen LogP contribution in [-0.4, -0.2) is 56.9 Å². The van der Waals surface area contributed by atoms with Crippen LogP contribution in [0.5, 0.6) is 0 Å². The highest BCUT2D eigenvalue weighted by molar-refractivity contribution is 5.76. The van der Waals surface area contributed by atoms with E-state index in [4.69, 9.17) is 15.2 Å². The molecule has 0 saturated carbocycles. The molecule has 2 N–H and O–H groups in total. The van der Waals surface area contributed by atoms with Crippen LogP contribution in [0.25, 0.3) is 0 Å². The molecule has 0 spiro atoms. The van der Waals surface area contributed by atoms with Crippen LogP contribution < -0.4 is 0 Å². The van der Waals surface area contributed by atoms with Crippen molar-refractivity contribution in [3.63, 3.8) is 0 Å². The van der Waals surface area contributed by atoms with Gasteiger partial charge >= 0.3 is 29.2 Å². The summed E-state index contributed by atoms with van der Waals surface area (Å²) >= 11 is 0. The Morgan fingerprint density at radius 2 is 1.71 bits per heavy atom. The molecule has 0 radical (unpaired) electrons. The number of carbonyl (C=O) groups is 1. The first-order valence-corrected chi connectivity index (χ1v) is 0.814. The highest BCUT2D eigenvalue weighted by Crippen LogP contribution is 1.59. The first kappa shape index (κ1) is 15.6. The zero-order valence-corrected chi connectivity index (χ0v) is 2.21. The Bertz CT molecular complexity index is 47.0. The summed E-state index contributed by atoms with van der Waals surface area (Å²) in [7, 11) is 0. The van der Waals surface area contributed by atoms with Gasteiger partial charge in [0.15, 0.2) is 17.4 Å². The van der Waals surface area contributed by atoms with Crippen LogP contribution in [0.2, 0.25) is 0 Å². The molecule has 0 aromatic rings. The minimum atomic E-state index is -1.69. The maximum absolute atomic E-state index is 8.90. The second kappa shape index (κ2) is 9.73. The van der Waals surface area contributed by atoms with Gasteiger partial charge in [0.1, 0.15) is 0 Å². The molecule has 0 unspecified atom stereocenters. The predicted octanol–water partition coefficient (Wildman–Crippen LogP) is -1.95. The maximum Gasteiger partial charge on any atom is 0.537 e. The Morgan fingerprint density at radius 3 is 1.71 bits per heavy atom. The Hall–Kier alpha value is 0.529. The summed E-state index contributed by atoms with van der Waals surface area (Å²) in [5.74, 6) is 0. The van der Waals surface area contributed by atoms with Crippen molar-refractivity contribution < 1.29 is 20.0 Å². The van der Waals surface area contributed by atoms with E-state index in [1.54, 1.807) is 0 Å². The molecule has 0 saturated heterocycles. The van der Waals surface area contributed by atoms with Crippen molar-refractivity contribution in [1.29, 1.82) is 0 Å². The van der Waals surface area contributed by atoms with Crippen LogP contribution in [0.3, 0.4) is 0 Å². The summed E-state index contributed by atoms with van der Waals surface area (Å²) in [5.41, 5.74) is 0. The van der Waals surface area contributed by atoms with E-state index < -0.39 is 6.16 Å². The predicted molar refractivity (Wildman–Crippen MR) is 30.2 cm³/mol. The monoisotopic (exact) mass is 134 g/mol. The summed E-state index contributed by atoms with van der Waals surface area (Å²) in [6.45, 7) is 0. The molecule has 0 fully saturated rings. The van der Waals surface area contributed by atoms with Gasteiger partial charge in [-0.3, -0.25) is 4.89 Å². The zero-order valence-electron chi connectivity index (χ0n) is 2.21. The third-order valence-electron chi connectivity index (χ3n) is 0.0781. The minimum absolute atomic E-state index is 0. The zero-order chi connectivity index (χ0) is 4.28. The van der Waals surface area contributed by atoms with Crippen molar-refractivity contribution in [3.8, 4) is 0 Å². The molecule has 0 rings (SSSR count). The molecule has 0 aliphatic heterocycles. The van der Waals surface area contributed by atoms with Gasteiger partial charge in [-0.25, -0.2) is 4.79 Å². The number of carboxylic acid groups (broad SMARTS) is 1. The average Bonchev–Trinajstić information content (AvgIpc) is 1.38. The van der Waals surface area contributed by atoms with Crippen molar-refractivity contribution >= 4 is 46.6 Å². The Labute approximate surface area is 66.7 Å². The molecule has 0 bridgehead atoms. The number of hydrogen-bond donors (Lipinski definition) is 2. The Kier molecular flexibility index (Phi) is 21.7. The number of rotatable bonds is 0. The molecule has 0 aliphatic rings. The van der Waals surface area contributed by atoms with Gasteiger partial charge in [0.2, 0.25) is 0 Å². The van der Waals surface area contributed by atoms with E-state index in [0.29, 0.717) is 0 Å². The van der Waals surface area contributed by atoms with Gasteiger partial charge in [0.25, 0.3) is 0 Å². The van der Waals surface area contributed by atoms with Crippen LogP contribution in [0.4, 0.5) is 4.79 Å². The summed E-state index contributed by atoms with van der Waals surface area (Å²) in [5, 5.41) is 14.3. The molecule has 0 amide bonds. The summed E-state index contributed by atoms with van der Waals surface area (Å²) < 4.78 is 0. The highest BCUT2D eigenvalue weighted by Gasteiger charge is 1.84. The Morgan fingerprint density at radius 1 is 1.57 bits per heavy atom. The third-order valence-corrected chi connectivity index (χ3v) is 0.0781. The second-order valence-electron chi connectivity index (χ2n) is 0.357. The number of hydrogen-bond acceptors (Lipinski definition) is 3. The van der Waals surface area contributed by atoms with Crippen molar-refractivity contribution in [2.24, 2.45) is 0 Å². The second-order valence-corrected chi connectivity index (χ2v) is 0.357. The van der Waals surface area contributed by atoms with Gasteiger partial charge in [0, 0.05) is 0 Å². The van der Waals surface area contributed by atoms with Crippen LogP contribution in [0.15, 0.2) is 0 Å². The standard InChI is InChI=1S/CH2O4.Al.Mg.5H/c2-1(3)5-4;;;;;;;/h4H,(H,2,3);;;;;;;. The van der Waals surface area contributed by atoms with Crippen molar-refractivity contribution in [2.75, 3.05) is 0 Å². The van der Waals surface area contributed by atoms with Crippen LogP contribution >= 0.6 is 0 Å². The lowest BCUT2D eigenvalue weighted by Gasteiger charge is -1.75. The van der Waals surface area contributed by atoms with Gasteiger partial charge in [-0.15, -0.1) is 0 Å². The lowest BCUT2D eigenvalue weighted by Crippen LogP contribution is -1.91. The van der Waals surface area contributed by atoms with Crippen molar-refractivity contribution in [2.45, 2.75) is 0 Å². The lowest BCUT2D eigenvalue weighted by atomic mass is 11.5. The summed E-state index contributed by atoms with van der Waals surface area (Å²) in [4.78, 5) is 11.6. The first-order valence-electron chi connectivity index (χ1n) is 0.814. The molecular formula is CH7AlMgO4. The lowest BCUT2D eigenvalue weighted by molar-refractivity contribution is -0.194. The SMILES string of the molecule is O=C(O)OO.[AlH3].[MgH2]. The molecule has 40 valence electrons. The van der Waals surface area contributed by atoms with Crippen LogP contribution in [-0.2, 0) is 4.89 Å². The molecule has 0 aromatic heterocycles. The molecule has 0 atom stereocenters. The third kappa shape index (κ3) is 20.9. The molecule has 0 aliphatic carbocycles. The Balaban J connectivity index is -0.0000000800. The molecule has 7 heavy (non-hydrogen) atoms. The van der Waals surface area contributed by atoms with E-state index in [1.165, 1.54) is 0 Å². The molecule has 0 aromatic carbocycles. The van der Waals surface area contributed by atoms with Gasteiger partial charge in [0.05, 0.1) is 0 Å². The van der Waals surface area contributed by atoms with E-state index in [2.05, 4.69) is 4.89 Å². The summed E-state index contributed by atoms with van der Waals surface area (Å²) in [6, 6.07) is 0. The van der Waals surface area contributed by atoms with E-state index in [1.807, 2.05) is 0 Å². The highest BCUT2D eigenvalue weighted by atomic mass is 27.0. The minimum Gasteiger partial charge on any atom is -0.448 e. The van der Waals surface area contributed by atoms with Gasteiger partial charge < -0.3 is 5.11 Å². The van der Waals surface area contributed by atoms with E-state index in [9.17, 15) is 0 Å². The van der Waals surface area contributed by atoms with Crippen LogP contribution in [0, 0.1) is 0 Å². The van der Waals surface area contributed by atoms with Gasteiger partial charge in [-0.1, -0.05) is 0 Å². The largest absolute Gasteiger partial charge is 0.537 e. The van der Waals surface area contributed by atoms with Crippen molar-refractivity contribution in [3.05, 3.63) is 0 Å². The summed E-state index contributed by atoms with van der Waals surface area (Å²) in [6.07, 6.45) is -1.69. The van der Waals surface area contributed by atoms with E-state index in [0.717, 1.165) is 0 Å². The smallest absolute Gasteiger partial charge is 0.448 e. The van der Waals surface area contributed by atoms with Crippen molar-refractivity contribution in [1.82, 2.24) is 0 Å². The first-order chi connectivity index (χ1) is 2.27.